The van der Waals surface area contributed by atoms with Crippen LogP contribution in [0, 0.1) is 0 Å². The van der Waals surface area contributed by atoms with Crippen LogP contribution in [0.4, 0.5) is 5.82 Å². The number of hydrogen-bond acceptors (Lipinski definition) is 2. The molecule has 5 heteroatoms. The number of carbonyl (C=O) groups is 1. The minimum atomic E-state index is -0.122. The van der Waals surface area contributed by atoms with Crippen molar-refractivity contribution in [3.05, 3.63) is 113 Å². The summed E-state index contributed by atoms with van der Waals surface area (Å²) in [5.41, 5.74) is 4.87. The predicted octanol–water partition coefficient (Wildman–Crippen LogP) is 6.82. The van der Waals surface area contributed by atoms with Crippen LogP contribution < -0.4 is 5.32 Å². The monoisotopic (exact) mass is 449 g/mol. The first kappa shape index (κ1) is 19.8. The van der Waals surface area contributed by atoms with Crippen LogP contribution in [0.15, 0.2) is 97.1 Å². The van der Waals surface area contributed by atoms with Gasteiger partial charge in [0.1, 0.15) is 5.82 Å². The highest BCUT2D eigenvalue weighted by Crippen LogP contribution is 2.45. The van der Waals surface area contributed by atoms with Crippen LogP contribution in [0.25, 0.3) is 27.7 Å². The third-order valence-corrected chi connectivity index (χ3v) is 6.49. The van der Waals surface area contributed by atoms with Gasteiger partial charge in [0.05, 0.1) is 11.4 Å². The molecule has 0 saturated carbocycles. The lowest BCUT2D eigenvalue weighted by molar-refractivity contribution is -0.116. The zero-order valence-electron chi connectivity index (χ0n) is 17.7. The normalized spacial score (nSPS) is 15.3. The number of anilines is 1. The van der Waals surface area contributed by atoms with Gasteiger partial charge in [-0.15, -0.1) is 0 Å². The molecule has 0 spiro atoms. The Morgan fingerprint density at radius 2 is 1.58 bits per heavy atom. The minimum absolute atomic E-state index is 0.0137. The maximum absolute atomic E-state index is 12.9. The standard InChI is InChI=1S/C28H20ClN3O/c29-20-15-13-19(14-16-20)27-26-24(23-12-6-8-18-7-4-5-11-22(18)23)17-25(33)30-28(26)32(31-27)21-9-2-1-3-10-21/h1-16,24H,17H2,(H,30,33). The Labute approximate surface area is 196 Å². The number of fused-ring (bicyclic) bond motifs is 2. The smallest absolute Gasteiger partial charge is 0.226 e. The highest BCUT2D eigenvalue weighted by atomic mass is 35.5. The molecule has 0 fully saturated rings. The van der Waals surface area contributed by atoms with E-state index in [0.717, 1.165) is 44.7 Å². The van der Waals surface area contributed by atoms with Gasteiger partial charge in [0, 0.05) is 28.5 Å². The van der Waals surface area contributed by atoms with E-state index in [0.29, 0.717) is 11.4 Å². The van der Waals surface area contributed by atoms with Crippen LogP contribution in [-0.4, -0.2) is 15.7 Å². The zero-order valence-corrected chi connectivity index (χ0v) is 18.5. The van der Waals surface area contributed by atoms with Crippen LogP contribution in [-0.2, 0) is 4.79 Å². The number of rotatable bonds is 3. The molecular formula is C28H20ClN3O. The van der Waals surface area contributed by atoms with E-state index in [2.05, 4.69) is 35.6 Å². The quantitative estimate of drug-likeness (QED) is 0.328. The number of hydrogen-bond donors (Lipinski definition) is 1. The minimum Gasteiger partial charge on any atom is -0.310 e. The number of benzene rings is 4. The molecule has 1 aliphatic rings. The molecule has 6 rings (SSSR count). The molecule has 5 aromatic rings. The highest BCUT2D eigenvalue weighted by Gasteiger charge is 2.35. The van der Waals surface area contributed by atoms with Crippen molar-refractivity contribution in [3.63, 3.8) is 0 Å². The van der Waals surface area contributed by atoms with Crippen LogP contribution in [0.3, 0.4) is 0 Å². The lowest BCUT2D eigenvalue weighted by atomic mass is 9.82. The lowest BCUT2D eigenvalue weighted by Gasteiger charge is -2.26. The van der Waals surface area contributed by atoms with Crippen molar-refractivity contribution in [3.8, 4) is 16.9 Å². The van der Waals surface area contributed by atoms with E-state index >= 15 is 0 Å². The van der Waals surface area contributed by atoms with Gasteiger partial charge in [-0.3, -0.25) is 4.79 Å². The van der Waals surface area contributed by atoms with Crippen molar-refractivity contribution in [1.29, 1.82) is 0 Å². The van der Waals surface area contributed by atoms with E-state index in [1.165, 1.54) is 0 Å². The van der Waals surface area contributed by atoms with E-state index in [1.54, 1.807) is 0 Å². The Kier molecular flexibility index (Phi) is 4.74. The van der Waals surface area contributed by atoms with Gasteiger partial charge < -0.3 is 5.32 Å². The molecule has 1 N–H and O–H groups in total. The highest BCUT2D eigenvalue weighted by molar-refractivity contribution is 6.30. The number of amides is 1. The molecule has 1 unspecified atom stereocenters. The second-order valence-corrected chi connectivity index (χ2v) is 8.67. The Bertz CT molecular complexity index is 1480. The fourth-order valence-corrected chi connectivity index (χ4v) is 4.87. The molecule has 1 aliphatic heterocycles. The van der Waals surface area contributed by atoms with Crippen molar-refractivity contribution in [2.24, 2.45) is 0 Å². The van der Waals surface area contributed by atoms with Crippen molar-refractivity contribution in [1.82, 2.24) is 9.78 Å². The maximum atomic E-state index is 12.9. The molecule has 0 radical (unpaired) electrons. The van der Waals surface area contributed by atoms with Gasteiger partial charge in [-0.2, -0.15) is 5.10 Å². The molecule has 1 aromatic heterocycles. The summed E-state index contributed by atoms with van der Waals surface area (Å²) in [5.74, 6) is 0.587. The summed E-state index contributed by atoms with van der Waals surface area (Å²) >= 11 is 6.17. The average Bonchev–Trinajstić information content (AvgIpc) is 3.23. The average molecular weight is 450 g/mol. The fourth-order valence-electron chi connectivity index (χ4n) is 4.75. The van der Waals surface area contributed by atoms with Crippen molar-refractivity contribution < 1.29 is 4.79 Å². The van der Waals surface area contributed by atoms with Crippen LogP contribution in [0.2, 0.25) is 5.02 Å². The number of nitrogens with zero attached hydrogens (tertiary/aromatic N) is 2. The number of para-hydroxylation sites is 1. The topological polar surface area (TPSA) is 46.9 Å². The molecule has 160 valence electrons. The zero-order chi connectivity index (χ0) is 22.4. The van der Waals surface area contributed by atoms with Crippen LogP contribution in [0.5, 0.6) is 0 Å². The van der Waals surface area contributed by atoms with Gasteiger partial charge in [0.2, 0.25) is 5.91 Å². The summed E-state index contributed by atoms with van der Waals surface area (Å²) in [4.78, 5) is 12.9. The summed E-state index contributed by atoms with van der Waals surface area (Å²) in [6, 6.07) is 32.2. The van der Waals surface area contributed by atoms with Crippen LogP contribution in [0.1, 0.15) is 23.5 Å². The summed E-state index contributed by atoms with van der Waals surface area (Å²) in [6.07, 6.45) is 0.363. The van der Waals surface area contributed by atoms with Gasteiger partial charge in [0.25, 0.3) is 0 Å². The van der Waals surface area contributed by atoms with Gasteiger partial charge in [-0.1, -0.05) is 84.4 Å². The van der Waals surface area contributed by atoms with Crippen molar-refractivity contribution >= 4 is 34.1 Å². The van der Waals surface area contributed by atoms with Crippen molar-refractivity contribution in [2.45, 2.75) is 12.3 Å². The number of halogens is 1. The summed E-state index contributed by atoms with van der Waals surface area (Å²) in [5, 5.41) is 11.1. The Morgan fingerprint density at radius 1 is 0.848 bits per heavy atom. The predicted molar refractivity (Wildman–Crippen MR) is 133 cm³/mol. The number of aromatic nitrogens is 2. The SMILES string of the molecule is O=C1CC(c2cccc3ccccc23)c2c(-c3ccc(Cl)cc3)nn(-c3ccccc3)c2N1. The fraction of sp³-hybridized carbons (Fsp3) is 0.0714. The van der Waals surface area contributed by atoms with Gasteiger partial charge in [0.15, 0.2) is 0 Å². The van der Waals surface area contributed by atoms with Gasteiger partial charge in [-0.05, 0) is 40.6 Å². The Balaban J connectivity index is 1.64. The van der Waals surface area contributed by atoms with E-state index in [9.17, 15) is 4.79 Å². The third kappa shape index (κ3) is 3.40. The molecule has 0 bridgehead atoms. The first-order valence-electron chi connectivity index (χ1n) is 10.9. The molecule has 0 aliphatic carbocycles. The first-order chi connectivity index (χ1) is 16.2. The lowest BCUT2D eigenvalue weighted by Crippen LogP contribution is -2.25. The van der Waals surface area contributed by atoms with E-state index < -0.39 is 0 Å². The summed E-state index contributed by atoms with van der Waals surface area (Å²) in [6.45, 7) is 0. The second-order valence-electron chi connectivity index (χ2n) is 8.24. The Morgan fingerprint density at radius 3 is 2.39 bits per heavy atom. The molecule has 0 saturated heterocycles. The Hall–Kier alpha value is -3.89. The molecule has 1 atom stereocenters. The first-order valence-corrected chi connectivity index (χ1v) is 11.3. The molecule has 4 nitrogen and oxygen atoms in total. The molecule has 33 heavy (non-hydrogen) atoms. The van der Waals surface area contributed by atoms with E-state index in [4.69, 9.17) is 16.7 Å². The van der Waals surface area contributed by atoms with Gasteiger partial charge >= 0.3 is 0 Å². The van der Waals surface area contributed by atoms with Crippen molar-refractivity contribution in [2.75, 3.05) is 5.32 Å². The summed E-state index contributed by atoms with van der Waals surface area (Å²) in [7, 11) is 0. The molecule has 4 aromatic carbocycles. The second kappa shape index (κ2) is 7.91. The van der Waals surface area contributed by atoms with Gasteiger partial charge in [-0.25, -0.2) is 4.68 Å². The number of carbonyl (C=O) groups excluding carboxylic acids is 1. The maximum Gasteiger partial charge on any atom is 0.226 e. The third-order valence-electron chi connectivity index (χ3n) is 6.24. The number of nitrogens with one attached hydrogen (secondary N) is 1. The molecular weight excluding hydrogens is 430 g/mol. The van der Waals surface area contributed by atoms with E-state index in [-0.39, 0.29) is 11.8 Å². The largest absolute Gasteiger partial charge is 0.310 e. The molecule has 1 amide bonds. The molecule has 2 heterocycles. The summed E-state index contributed by atoms with van der Waals surface area (Å²) < 4.78 is 1.84. The van der Waals surface area contributed by atoms with Crippen LogP contribution >= 0.6 is 11.6 Å². The van der Waals surface area contributed by atoms with E-state index in [1.807, 2.05) is 71.4 Å².